The van der Waals surface area contributed by atoms with Gasteiger partial charge >= 0.3 is 127 Å². The Bertz CT molecular complexity index is 578. The zero-order valence-electron chi connectivity index (χ0n) is 12.4. The third-order valence-corrected chi connectivity index (χ3v) is 9.35. The van der Waals surface area contributed by atoms with E-state index in [1.807, 2.05) is 0 Å². The van der Waals surface area contributed by atoms with Crippen LogP contribution in [0.3, 0.4) is 0 Å². The molecule has 3 rings (SSSR count). The maximum atomic E-state index is 2.33. The van der Waals surface area contributed by atoms with Gasteiger partial charge in [0.1, 0.15) is 0 Å². The molecule has 0 aliphatic carbocycles. The molecular formula is C20H21P. The van der Waals surface area contributed by atoms with Crippen LogP contribution >= 0.6 is 7.26 Å². The van der Waals surface area contributed by atoms with Crippen molar-refractivity contribution in [1.82, 2.24) is 0 Å². The van der Waals surface area contributed by atoms with E-state index in [2.05, 4.69) is 97.9 Å². The van der Waals surface area contributed by atoms with Crippen LogP contribution in [0.25, 0.3) is 0 Å². The van der Waals surface area contributed by atoms with Crippen LogP contribution in [0, 0.1) is 0 Å². The van der Waals surface area contributed by atoms with Crippen molar-refractivity contribution in [2.45, 2.75) is 6.92 Å². The van der Waals surface area contributed by atoms with Crippen LogP contribution in [0.15, 0.2) is 91.0 Å². The van der Waals surface area contributed by atoms with Crippen molar-refractivity contribution in [3.05, 3.63) is 91.0 Å². The van der Waals surface area contributed by atoms with Crippen LogP contribution in [-0.2, 0) is 0 Å². The standard InChI is InChI=1S/C20H21P/c1-2-21(18-12-6-3-7-13-18,19-14-8-4-9-15-19)20-16-10-5-11-17-20/h3-17,21H,2H2,1H3. The summed E-state index contributed by atoms with van der Waals surface area (Å²) in [6.07, 6.45) is 1.17. The molecule has 1 heteroatoms. The SMILES string of the molecule is CC[PH](c1ccccc1)(c1ccccc1)c1ccccc1. The molecule has 3 aromatic rings. The summed E-state index contributed by atoms with van der Waals surface area (Å²) in [4.78, 5) is 0. The maximum absolute atomic E-state index is 2.33. The summed E-state index contributed by atoms with van der Waals surface area (Å²) in [5.41, 5.74) is 0. The second-order valence-electron chi connectivity index (χ2n) is 5.36. The van der Waals surface area contributed by atoms with E-state index in [0.717, 1.165) is 0 Å². The van der Waals surface area contributed by atoms with Gasteiger partial charge in [-0.15, -0.1) is 0 Å². The van der Waals surface area contributed by atoms with Crippen molar-refractivity contribution in [2.24, 2.45) is 0 Å². The molecule has 0 spiro atoms. The van der Waals surface area contributed by atoms with Crippen LogP contribution in [-0.4, -0.2) is 6.16 Å². The Labute approximate surface area is 127 Å². The van der Waals surface area contributed by atoms with Gasteiger partial charge in [0.05, 0.1) is 0 Å². The number of hydrogen-bond donors (Lipinski definition) is 0. The van der Waals surface area contributed by atoms with Crippen LogP contribution < -0.4 is 15.9 Å². The van der Waals surface area contributed by atoms with Crippen LogP contribution in [0.5, 0.6) is 0 Å². The predicted molar refractivity (Wildman–Crippen MR) is 97.1 cm³/mol. The number of hydrogen-bond acceptors (Lipinski definition) is 0. The van der Waals surface area contributed by atoms with Gasteiger partial charge < -0.3 is 0 Å². The first-order valence-electron chi connectivity index (χ1n) is 7.54. The fourth-order valence-electron chi connectivity index (χ4n) is 3.28. The monoisotopic (exact) mass is 292 g/mol. The molecule has 0 fully saturated rings. The summed E-state index contributed by atoms with van der Waals surface area (Å²) < 4.78 is 0. The molecule has 21 heavy (non-hydrogen) atoms. The minimum absolute atomic E-state index is 1.17. The van der Waals surface area contributed by atoms with E-state index in [9.17, 15) is 0 Å². The third-order valence-electron chi connectivity index (χ3n) is 4.33. The van der Waals surface area contributed by atoms with Gasteiger partial charge in [0.15, 0.2) is 0 Å². The molecular weight excluding hydrogens is 271 g/mol. The van der Waals surface area contributed by atoms with Crippen molar-refractivity contribution in [1.29, 1.82) is 0 Å². The molecule has 106 valence electrons. The Morgan fingerprint density at radius 2 is 0.810 bits per heavy atom. The second-order valence-corrected chi connectivity index (χ2v) is 9.61. The van der Waals surface area contributed by atoms with Crippen molar-refractivity contribution >= 4 is 23.2 Å². The fourth-order valence-corrected chi connectivity index (χ4v) is 7.79. The first-order valence-corrected chi connectivity index (χ1v) is 9.75. The molecule has 0 aliphatic heterocycles. The molecule has 3 aromatic carbocycles. The summed E-state index contributed by atoms with van der Waals surface area (Å²) >= 11 is 0. The molecule has 0 bridgehead atoms. The summed E-state index contributed by atoms with van der Waals surface area (Å²) in [6.45, 7) is 2.33. The normalized spacial score (nSPS) is 12.0. The van der Waals surface area contributed by atoms with Crippen LogP contribution in [0.2, 0.25) is 0 Å². The molecule has 0 atom stereocenters. The van der Waals surface area contributed by atoms with E-state index < -0.39 is 7.26 Å². The first-order chi connectivity index (χ1) is 10.4. The molecule has 0 nitrogen and oxygen atoms in total. The Morgan fingerprint density at radius 1 is 0.524 bits per heavy atom. The van der Waals surface area contributed by atoms with E-state index in [4.69, 9.17) is 0 Å². The van der Waals surface area contributed by atoms with Crippen LogP contribution in [0.1, 0.15) is 6.92 Å². The molecule has 0 radical (unpaired) electrons. The molecule has 0 saturated carbocycles. The minimum atomic E-state index is -1.90. The summed E-state index contributed by atoms with van der Waals surface area (Å²) in [6, 6.07) is 33.1. The quantitative estimate of drug-likeness (QED) is 0.643. The van der Waals surface area contributed by atoms with E-state index >= 15 is 0 Å². The topological polar surface area (TPSA) is 0 Å². The van der Waals surface area contributed by atoms with Crippen molar-refractivity contribution in [3.8, 4) is 0 Å². The first kappa shape index (κ1) is 14.0. The molecule has 0 unspecified atom stereocenters. The van der Waals surface area contributed by atoms with Gasteiger partial charge in [0.2, 0.25) is 0 Å². The predicted octanol–water partition coefficient (Wildman–Crippen LogP) is 3.73. The van der Waals surface area contributed by atoms with Crippen molar-refractivity contribution < 1.29 is 0 Å². The zero-order valence-corrected chi connectivity index (χ0v) is 13.4. The summed E-state index contributed by atoms with van der Waals surface area (Å²) in [5, 5.41) is 4.47. The molecule has 0 aromatic heterocycles. The van der Waals surface area contributed by atoms with Crippen molar-refractivity contribution in [3.63, 3.8) is 0 Å². The van der Waals surface area contributed by atoms with Gasteiger partial charge in [0.25, 0.3) is 0 Å². The van der Waals surface area contributed by atoms with Crippen LogP contribution in [0.4, 0.5) is 0 Å². The molecule has 0 amide bonds. The molecule has 0 saturated heterocycles. The van der Waals surface area contributed by atoms with Gasteiger partial charge in [-0.25, -0.2) is 0 Å². The van der Waals surface area contributed by atoms with Gasteiger partial charge in [-0.3, -0.25) is 0 Å². The van der Waals surface area contributed by atoms with Gasteiger partial charge in [-0.1, -0.05) is 0 Å². The molecule has 0 N–H and O–H groups in total. The third kappa shape index (κ3) is 2.52. The van der Waals surface area contributed by atoms with Gasteiger partial charge in [-0.2, -0.15) is 0 Å². The molecule has 0 heterocycles. The van der Waals surface area contributed by atoms with Gasteiger partial charge in [0, 0.05) is 0 Å². The van der Waals surface area contributed by atoms with Crippen molar-refractivity contribution in [2.75, 3.05) is 6.16 Å². The summed E-state index contributed by atoms with van der Waals surface area (Å²) in [7, 11) is -1.90. The Hall–Kier alpha value is -1.91. The van der Waals surface area contributed by atoms with E-state index in [-0.39, 0.29) is 0 Å². The Balaban J connectivity index is 2.29. The zero-order chi connectivity index (χ0) is 14.5. The van der Waals surface area contributed by atoms with E-state index in [0.29, 0.717) is 0 Å². The molecule has 0 aliphatic rings. The van der Waals surface area contributed by atoms with Gasteiger partial charge in [-0.05, 0) is 0 Å². The van der Waals surface area contributed by atoms with E-state index in [1.54, 1.807) is 0 Å². The number of rotatable bonds is 4. The Morgan fingerprint density at radius 3 is 1.05 bits per heavy atom. The van der Waals surface area contributed by atoms with E-state index in [1.165, 1.54) is 22.1 Å². The fraction of sp³-hybridized carbons (Fsp3) is 0.100. The second kappa shape index (κ2) is 6.24. The average molecular weight is 292 g/mol. The summed E-state index contributed by atoms with van der Waals surface area (Å²) in [5.74, 6) is 0. The Kier molecular flexibility index (Phi) is 4.18. The average Bonchev–Trinajstić information content (AvgIpc) is 2.59. The number of benzene rings is 3.